The van der Waals surface area contributed by atoms with Gasteiger partial charge in [0.05, 0.1) is 0 Å². The van der Waals surface area contributed by atoms with Crippen molar-refractivity contribution in [2.75, 3.05) is 40.3 Å². The quantitative estimate of drug-likeness (QED) is 0.226. The number of carbonyl (C=O) groups is 2. The first-order chi connectivity index (χ1) is 12.2. The fraction of sp³-hybridized carbons (Fsp3) is 0.833. The smallest absolute Gasteiger partial charge is 0.407 e. The Hall–Kier alpha value is -1.26. The number of alkyl carbamates (subject to hydrolysis) is 1. The van der Waals surface area contributed by atoms with Gasteiger partial charge in [-0.05, 0) is 46.0 Å². The van der Waals surface area contributed by atoms with Crippen molar-refractivity contribution in [1.29, 1.82) is 0 Å². The summed E-state index contributed by atoms with van der Waals surface area (Å²) in [5, 5.41) is 8.77. The molecule has 158 valence electrons. The second-order valence-electron chi connectivity index (χ2n) is 7.56. The lowest BCUT2D eigenvalue weighted by molar-refractivity contribution is -0.121. The van der Waals surface area contributed by atoms with Crippen LogP contribution in [0.1, 0.15) is 46.5 Å². The third kappa shape index (κ3) is 11.2. The first-order valence-electron chi connectivity index (χ1n) is 9.38. The predicted molar refractivity (Wildman–Crippen MR) is 119 cm³/mol. The number of hydrogen-bond donors (Lipinski definition) is 3. The van der Waals surface area contributed by atoms with E-state index >= 15 is 0 Å². The van der Waals surface area contributed by atoms with Crippen molar-refractivity contribution in [3.05, 3.63) is 0 Å². The van der Waals surface area contributed by atoms with Crippen LogP contribution in [-0.4, -0.2) is 68.7 Å². The fourth-order valence-corrected chi connectivity index (χ4v) is 2.84. The van der Waals surface area contributed by atoms with Crippen LogP contribution in [0.3, 0.4) is 0 Å². The molecule has 0 atom stereocenters. The molecule has 0 radical (unpaired) electrons. The molecule has 3 N–H and O–H groups in total. The molecule has 0 aromatic heterocycles. The van der Waals surface area contributed by atoms with Crippen molar-refractivity contribution < 1.29 is 14.3 Å². The number of halogens is 1. The van der Waals surface area contributed by atoms with E-state index in [1.54, 1.807) is 14.1 Å². The van der Waals surface area contributed by atoms with Crippen molar-refractivity contribution in [2.24, 2.45) is 10.9 Å². The van der Waals surface area contributed by atoms with Crippen molar-refractivity contribution in [2.45, 2.75) is 52.1 Å². The van der Waals surface area contributed by atoms with Gasteiger partial charge in [0, 0.05) is 46.7 Å². The molecule has 1 rings (SSSR count). The molecule has 27 heavy (non-hydrogen) atoms. The summed E-state index contributed by atoms with van der Waals surface area (Å²) >= 11 is 0. The maximum Gasteiger partial charge on any atom is 0.407 e. The molecule has 1 fully saturated rings. The van der Waals surface area contributed by atoms with E-state index in [1.807, 2.05) is 20.8 Å². The molecule has 9 heteroatoms. The number of hydrogen-bond acceptors (Lipinski definition) is 4. The molecule has 8 nitrogen and oxygen atoms in total. The SMILES string of the molecule is CN=C(NCCCNC(=O)OC(C)(C)C)N1CCC(CC(=O)NC)CC1.I. The van der Waals surface area contributed by atoms with Crippen LogP contribution in [0.4, 0.5) is 4.79 Å². The van der Waals surface area contributed by atoms with Gasteiger partial charge in [-0.3, -0.25) is 9.79 Å². The molecular weight excluding hydrogens is 461 g/mol. The molecule has 1 aliphatic rings. The summed E-state index contributed by atoms with van der Waals surface area (Å²) in [4.78, 5) is 29.6. The molecule has 0 bridgehead atoms. The molecule has 2 amide bonds. The van der Waals surface area contributed by atoms with Crippen molar-refractivity contribution in [1.82, 2.24) is 20.9 Å². The Labute approximate surface area is 180 Å². The Morgan fingerprint density at radius 2 is 1.74 bits per heavy atom. The Morgan fingerprint density at radius 3 is 2.26 bits per heavy atom. The molecule has 0 aliphatic carbocycles. The zero-order valence-corrected chi connectivity index (χ0v) is 19.6. The lowest BCUT2D eigenvalue weighted by Crippen LogP contribution is -2.46. The molecule has 0 aromatic carbocycles. The average Bonchev–Trinajstić information content (AvgIpc) is 2.57. The van der Waals surface area contributed by atoms with Crippen molar-refractivity contribution in [3.8, 4) is 0 Å². The highest BCUT2D eigenvalue weighted by Gasteiger charge is 2.23. The molecular formula is C18H36IN5O3. The fourth-order valence-electron chi connectivity index (χ4n) is 2.84. The predicted octanol–water partition coefficient (Wildman–Crippen LogP) is 1.94. The maximum absolute atomic E-state index is 11.6. The van der Waals surface area contributed by atoms with Crippen LogP contribution < -0.4 is 16.0 Å². The topological polar surface area (TPSA) is 95.1 Å². The Morgan fingerprint density at radius 1 is 1.15 bits per heavy atom. The molecule has 0 saturated carbocycles. The van der Waals surface area contributed by atoms with Crippen LogP contribution in [0, 0.1) is 5.92 Å². The highest BCUT2D eigenvalue weighted by Crippen LogP contribution is 2.20. The van der Waals surface area contributed by atoms with E-state index in [2.05, 4.69) is 25.8 Å². The third-order valence-electron chi connectivity index (χ3n) is 4.18. The number of aliphatic imine (C=N–C) groups is 1. The second-order valence-corrected chi connectivity index (χ2v) is 7.56. The van der Waals surface area contributed by atoms with Gasteiger partial charge in [0.2, 0.25) is 5.91 Å². The summed E-state index contributed by atoms with van der Waals surface area (Å²) in [7, 11) is 3.46. The second kappa shape index (κ2) is 13.0. The van der Waals surface area contributed by atoms with E-state index < -0.39 is 5.60 Å². The average molecular weight is 497 g/mol. The van der Waals surface area contributed by atoms with E-state index in [9.17, 15) is 9.59 Å². The minimum absolute atomic E-state index is 0. The van der Waals surface area contributed by atoms with Crippen LogP contribution in [0.5, 0.6) is 0 Å². The number of nitrogens with one attached hydrogen (secondary N) is 3. The number of piperidine rings is 1. The summed E-state index contributed by atoms with van der Waals surface area (Å²) in [5.41, 5.74) is -0.478. The van der Waals surface area contributed by atoms with Gasteiger partial charge in [-0.1, -0.05) is 0 Å². The third-order valence-corrected chi connectivity index (χ3v) is 4.18. The number of guanidine groups is 1. The zero-order valence-electron chi connectivity index (χ0n) is 17.3. The number of rotatable bonds is 6. The first-order valence-corrected chi connectivity index (χ1v) is 9.38. The van der Waals surface area contributed by atoms with Gasteiger partial charge in [-0.2, -0.15) is 0 Å². The van der Waals surface area contributed by atoms with E-state index in [4.69, 9.17) is 4.74 Å². The summed E-state index contributed by atoms with van der Waals surface area (Å²) < 4.78 is 5.20. The van der Waals surface area contributed by atoms with Crippen LogP contribution in [0.25, 0.3) is 0 Å². The number of likely N-dealkylation sites (tertiary alicyclic amines) is 1. The summed E-state index contributed by atoms with van der Waals surface area (Å²) in [6, 6.07) is 0. The van der Waals surface area contributed by atoms with Gasteiger partial charge >= 0.3 is 6.09 Å². The first kappa shape index (κ1) is 25.7. The van der Waals surface area contributed by atoms with Crippen LogP contribution in [0.2, 0.25) is 0 Å². The number of amides is 2. The van der Waals surface area contributed by atoms with Crippen LogP contribution in [-0.2, 0) is 9.53 Å². The molecule has 0 unspecified atom stereocenters. The lowest BCUT2D eigenvalue weighted by atomic mass is 9.93. The normalized spacial score (nSPS) is 15.6. The highest BCUT2D eigenvalue weighted by atomic mass is 127. The molecule has 0 aromatic rings. The van der Waals surface area contributed by atoms with Gasteiger partial charge in [0.15, 0.2) is 5.96 Å². The van der Waals surface area contributed by atoms with E-state index in [0.29, 0.717) is 18.9 Å². The Balaban J connectivity index is 0.00000676. The molecule has 0 spiro atoms. The molecule has 1 aliphatic heterocycles. The standard InChI is InChI=1S/C18H35N5O3.HI/c1-18(2,3)26-17(25)22-10-6-9-21-16(20-5)23-11-7-14(8-12-23)13-15(24)19-4;/h14H,6-13H2,1-5H3,(H,19,24)(H,20,21)(H,22,25);1H. The molecule has 1 saturated heterocycles. The van der Waals surface area contributed by atoms with E-state index in [0.717, 1.165) is 44.9 Å². The summed E-state index contributed by atoms with van der Waals surface area (Å²) in [6.07, 6.45) is 2.99. The van der Waals surface area contributed by atoms with Crippen molar-refractivity contribution in [3.63, 3.8) is 0 Å². The van der Waals surface area contributed by atoms with Gasteiger partial charge in [-0.15, -0.1) is 24.0 Å². The lowest BCUT2D eigenvalue weighted by Gasteiger charge is -2.34. The number of carbonyl (C=O) groups excluding carboxylic acids is 2. The Bertz CT molecular complexity index is 486. The molecule has 1 heterocycles. The van der Waals surface area contributed by atoms with E-state index in [-0.39, 0.29) is 36.0 Å². The summed E-state index contributed by atoms with van der Waals surface area (Å²) in [6.45, 7) is 8.60. The van der Waals surface area contributed by atoms with Crippen molar-refractivity contribution >= 4 is 41.9 Å². The van der Waals surface area contributed by atoms with Crippen LogP contribution in [0.15, 0.2) is 4.99 Å². The van der Waals surface area contributed by atoms with Crippen LogP contribution >= 0.6 is 24.0 Å². The highest BCUT2D eigenvalue weighted by molar-refractivity contribution is 14.0. The Kier molecular flexibility index (Phi) is 12.4. The van der Waals surface area contributed by atoms with Gasteiger partial charge in [-0.25, -0.2) is 4.79 Å². The number of ether oxygens (including phenoxy) is 1. The zero-order chi connectivity index (χ0) is 19.6. The minimum atomic E-state index is -0.478. The van der Waals surface area contributed by atoms with Gasteiger partial charge < -0.3 is 25.6 Å². The summed E-state index contributed by atoms with van der Waals surface area (Å²) in [5.74, 6) is 1.44. The minimum Gasteiger partial charge on any atom is -0.444 e. The largest absolute Gasteiger partial charge is 0.444 e. The number of nitrogens with zero attached hydrogens (tertiary/aromatic N) is 2. The van der Waals surface area contributed by atoms with E-state index in [1.165, 1.54) is 0 Å². The monoisotopic (exact) mass is 497 g/mol. The maximum atomic E-state index is 11.6. The van der Waals surface area contributed by atoms with Gasteiger partial charge in [0.1, 0.15) is 5.60 Å². The van der Waals surface area contributed by atoms with Gasteiger partial charge in [0.25, 0.3) is 0 Å².